The molecule has 1 aliphatic rings. The second kappa shape index (κ2) is 7.22. The molecule has 112 valence electrons. The average Bonchev–Trinajstić information content (AvgIpc) is 2.79. The highest BCUT2D eigenvalue weighted by molar-refractivity contribution is 5.80. The van der Waals surface area contributed by atoms with Crippen molar-refractivity contribution < 1.29 is 4.79 Å². The summed E-state index contributed by atoms with van der Waals surface area (Å²) in [6, 6.07) is 18.9. The fourth-order valence-electron chi connectivity index (χ4n) is 3.24. The summed E-state index contributed by atoms with van der Waals surface area (Å²) in [4.78, 5) is 11.9. The molecule has 3 rings (SSSR count). The third-order valence-electron chi connectivity index (χ3n) is 4.42. The average molecular weight is 290 g/mol. The first-order valence-electron chi connectivity index (χ1n) is 8.17. The molecule has 1 aliphatic carbocycles. The van der Waals surface area contributed by atoms with Crippen molar-refractivity contribution in [1.29, 1.82) is 0 Å². The van der Waals surface area contributed by atoms with Gasteiger partial charge in [-0.2, -0.15) is 0 Å². The molecule has 1 atom stereocenters. The zero-order valence-corrected chi connectivity index (χ0v) is 12.9. The molecule has 1 unspecified atom stereocenters. The number of rotatable bonds is 3. The van der Waals surface area contributed by atoms with Crippen molar-refractivity contribution in [3.05, 3.63) is 71.3 Å². The highest BCUT2D eigenvalue weighted by Crippen LogP contribution is 2.32. The topological polar surface area (TPSA) is 17.1 Å². The van der Waals surface area contributed by atoms with E-state index >= 15 is 0 Å². The third kappa shape index (κ3) is 3.73. The van der Waals surface area contributed by atoms with Gasteiger partial charge in [0.05, 0.1) is 0 Å². The molecule has 1 nitrogen and oxygen atoms in total. The zero-order valence-electron chi connectivity index (χ0n) is 12.9. The number of ketones is 1. The van der Waals surface area contributed by atoms with Crippen LogP contribution in [0.15, 0.2) is 54.6 Å². The lowest BCUT2D eigenvalue weighted by molar-refractivity contribution is -0.119. The summed E-state index contributed by atoms with van der Waals surface area (Å²) >= 11 is 0. The molecule has 2 aromatic rings. The fraction of sp³-hybridized carbons (Fsp3) is 0.286. The van der Waals surface area contributed by atoms with Crippen LogP contribution >= 0.6 is 0 Å². The predicted molar refractivity (Wildman–Crippen MR) is 92.6 cm³/mol. The van der Waals surface area contributed by atoms with Gasteiger partial charge in [-0.15, -0.1) is 0 Å². The van der Waals surface area contributed by atoms with E-state index in [0.717, 1.165) is 25.7 Å². The molecule has 0 heterocycles. The number of carbonyl (C=O) groups is 1. The Hall–Kier alpha value is -2.15. The summed E-state index contributed by atoms with van der Waals surface area (Å²) in [5.74, 6) is 0.802. The van der Waals surface area contributed by atoms with Crippen molar-refractivity contribution >= 4 is 17.9 Å². The van der Waals surface area contributed by atoms with Crippen LogP contribution in [0.3, 0.4) is 0 Å². The van der Waals surface area contributed by atoms with Crippen LogP contribution in [-0.2, 0) is 4.79 Å². The summed E-state index contributed by atoms with van der Waals surface area (Å²) in [7, 11) is 0. The van der Waals surface area contributed by atoms with Crippen LogP contribution < -0.4 is 0 Å². The number of benzene rings is 2. The van der Waals surface area contributed by atoms with E-state index in [1.807, 2.05) is 6.07 Å². The predicted octanol–water partition coefficient (Wildman–Crippen LogP) is 5.47. The summed E-state index contributed by atoms with van der Waals surface area (Å²) in [5.41, 5.74) is 3.77. The SMILES string of the molecule is O=C1CCCCC(c2ccccc2/C=C/c2ccccc2)C1. The minimum absolute atomic E-state index is 0.381. The molecule has 1 saturated carbocycles. The Bertz CT molecular complexity index is 655. The van der Waals surface area contributed by atoms with E-state index in [1.54, 1.807) is 0 Å². The zero-order chi connectivity index (χ0) is 15.2. The van der Waals surface area contributed by atoms with E-state index < -0.39 is 0 Å². The Kier molecular flexibility index (Phi) is 4.85. The molecule has 1 heteroatoms. The lowest BCUT2D eigenvalue weighted by Crippen LogP contribution is -2.05. The van der Waals surface area contributed by atoms with Gasteiger partial charge >= 0.3 is 0 Å². The largest absolute Gasteiger partial charge is 0.300 e. The van der Waals surface area contributed by atoms with Gasteiger partial charge in [0.25, 0.3) is 0 Å². The molecular formula is C21H22O. The van der Waals surface area contributed by atoms with Crippen LogP contribution in [0.25, 0.3) is 12.2 Å². The molecule has 0 aromatic heterocycles. The normalized spacial score (nSPS) is 19.3. The Balaban J connectivity index is 1.86. The van der Waals surface area contributed by atoms with Crippen LogP contribution in [-0.4, -0.2) is 5.78 Å². The van der Waals surface area contributed by atoms with Gasteiger partial charge in [0, 0.05) is 12.8 Å². The first kappa shape index (κ1) is 14.8. The van der Waals surface area contributed by atoms with Crippen LogP contribution in [0.1, 0.15) is 54.7 Å². The van der Waals surface area contributed by atoms with Gasteiger partial charge in [0.2, 0.25) is 0 Å². The van der Waals surface area contributed by atoms with Crippen LogP contribution in [0.2, 0.25) is 0 Å². The van der Waals surface area contributed by atoms with Gasteiger partial charge in [-0.05, 0) is 35.4 Å². The molecule has 22 heavy (non-hydrogen) atoms. The number of carbonyl (C=O) groups excluding carboxylic acids is 1. The van der Waals surface area contributed by atoms with Gasteiger partial charge in [-0.3, -0.25) is 4.79 Å². The Morgan fingerprint density at radius 3 is 2.50 bits per heavy atom. The maximum Gasteiger partial charge on any atom is 0.133 e. The van der Waals surface area contributed by atoms with Crippen molar-refractivity contribution in [2.24, 2.45) is 0 Å². The third-order valence-corrected chi connectivity index (χ3v) is 4.42. The second-order valence-electron chi connectivity index (χ2n) is 6.06. The molecule has 0 amide bonds. The Morgan fingerprint density at radius 2 is 1.64 bits per heavy atom. The quantitative estimate of drug-likeness (QED) is 0.541. The molecule has 0 saturated heterocycles. The monoisotopic (exact) mass is 290 g/mol. The molecule has 0 aliphatic heterocycles. The van der Waals surface area contributed by atoms with Gasteiger partial charge in [-0.1, -0.05) is 73.2 Å². The number of Topliss-reactive ketones (excluding diaryl/α,β-unsaturated/α-hetero) is 1. The summed E-state index contributed by atoms with van der Waals surface area (Å²) in [5, 5.41) is 0. The van der Waals surface area contributed by atoms with Gasteiger partial charge in [-0.25, -0.2) is 0 Å². The molecule has 0 radical (unpaired) electrons. The second-order valence-corrected chi connectivity index (χ2v) is 6.06. The lowest BCUT2D eigenvalue weighted by atomic mass is 9.88. The van der Waals surface area contributed by atoms with Gasteiger partial charge < -0.3 is 0 Å². The summed E-state index contributed by atoms with van der Waals surface area (Å²) < 4.78 is 0. The highest BCUT2D eigenvalue weighted by atomic mass is 16.1. The van der Waals surface area contributed by atoms with E-state index in [2.05, 4.69) is 60.7 Å². The molecule has 1 fully saturated rings. The molecule has 2 aromatic carbocycles. The van der Waals surface area contributed by atoms with Gasteiger partial charge in [0.15, 0.2) is 0 Å². The van der Waals surface area contributed by atoms with E-state index in [-0.39, 0.29) is 0 Å². The van der Waals surface area contributed by atoms with Crippen molar-refractivity contribution in [1.82, 2.24) is 0 Å². The minimum Gasteiger partial charge on any atom is -0.300 e. The maximum atomic E-state index is 11.9. The Morgan fingerprint density at radius 1 is 0.864 bits per heavy atom. The summed E-state index contributed by atoms with van der Waals surface area (Å²) in [6.45, 7) is 0. The van der Waals surface area contributed by atoms with Crippen LogP contribution in [0.4, 0.5) is 0 Å². The van der Waals surface area contributed by atoms with Crippen molar-refractivity contribution in [2.45, 2.75) is 38.0 Å². The van der Waals surface area contributed by atoms with Crippen LogP contribution in [0, 0.1) is 0 Å². The standard InChI is InChI=1S/C21H22O/c22-20-12-6-4-11-19(16-20)21-13-7-5-10-18(21)15-14-17-8-2-1-3-9-17/h1-3,5,7-10,13-15,19H,4,6,11-12,16H2/b15-14+. The van der Waals surface area contributed by atoms with Crippen molar-refractivity contribution in [2.75, 3.05) is 0 Å². The van der Waals surface area contributed by atoms with E-state index in [0.29, 0.717) is 18.1 Å². The maximum absolute atomic E-state index is 11.9. The molecule has 0 N–H and O–H groups in total. The molecule has 0 spiro atoms. The summed E-state index contributed by atoms with van der Waals surface area (Å²) in [6.07, 6.45) is 9.14. The smallest absolute Gasteiger partial charge is 0.133 e. The lowest BCUT2D eigenvalue weighted by Gasteiger charge is -2.16. The number of hydrogen-bond donors (Lipinski definition) is 0. The minimum atomic E-state index is 0.381. The van der Waals surface area contributed by atoms with E-state index in [9.17, 15) is 4.79 Å². The Labute approximate surface area is 132 Å². The highest BCUT2D eigenvalue weighted by Gasteiger charge is 2.20. The first-order chi connectivity index (χ1) is 10.8. The first-order valence-corrected chi connectivity index (χ1v) is 8.17. The van der Waals surface area contributed by atoms with Crippen molar-refractivity contribution in [3.63, 3.8) is 0 Å². The fourth-order valence-corrected chi connectivity index (χ4v) is 3.24. The van der Waals surface area contributed by atoms with Gasteiger partial charge in [0.1, 0.15) is 5.78 Å². The molecule has 0 bridgehead atoms. The molecular weight excluding hydrogens is 268 g/mol. The van der Waals surface area contributed by atoms with E-state index in [1.165, 1.54) is 16.7 Å². The van der Waals surface area contributed by atoms with E-state index in [4.69, 9.17) is 0 Å². The van der Waals surface area contributed by atoms with Crippen molar-refractivity contribution in [3.8, 4) is 0 Å². The van der Waals surface area contributed by atoms with Crippen LogP contribution in [0.5, 0.6) is 0 Å². The number of hydrogen-bond acceptors (Lipinski definition) is 1.